The molecule has 17 heavy (non-hydrogen) atoms. The summed E-state index contributed by atoms with van der Waals surface area (Å²) >= 11 is 0. The zero-order valence-corrected chi connectivity index (χ0v) is 10.4. The van der Waals surface area contributed by atoms with E-state index in [2.05, 4.69) is 16.9 Å². The lowest BCUT2D eigenvalue weighted by Gasteiger charge is -2.16. The van der Waals surface area contributed by atoms with Crippen LogP contribution in [-0.2, 0) is 16.0 Å². The maximum atomic E-state index is 13.7. The molecule has 0 N–H and O–H groups in total. The highest BCUT2D eigenvalue weighted by Gasteiger charge is 2.33. The quantitative estimate of drug-likeness (QED) is 0.561. The van der Waals surface area contributed by atoms with Gasteiger partial charge in [-0.1, -0.05) is 30.3 Å². The normalized spacial score (nSPS) is 14.1. The van der Waals surface area contributed by atoms with E-state index in [-0.39, 0.29) is 6.42 Å². The van der Waals surface area contributed by atoms with Gasteiger partial charge < -0.3 is 4.74 Å². The van der Waals surface area contributed by atoms with Crippen LogP contribution in [0.25, 0.3) is 0 Å². The van der Waals surface area contributed by atoms with Crippen molar-refractivity contribution in [1.82, 2.24) is 0 Å². The summed E-state index contributed by atoms with van der Waals surface area (Å²) in [6.07, 6.45) is 2.68. The van der Waals surface area contributed by atoms with Gasteiger partial charge in [0.05, 0.1) is 7.11 Å². The molecule has 94 valence electrons. The summed E-state index contributed by atoms with van der Waals surface area (Å²) < 4.78 is 18.2. The molecule has 1 unspecified atom stereocenters. The molecule has 0 aliphatic heterocycles. The number of carbonyl (C=O) groups excluding carboxylic acids is 1. The van der Waals surface area contributed by atoms with Crippen LogP contribution < -0.4 is 0 Å². The van der Waals surface area contributed by atoms with Crippen molar-refractivity contribution in [3.8, 4) is 0 Å². The number of esters is 1. The third-order valence-corrected chi connectivity index (χ3v) is 2.82. The maximum absolute atomic E-state index is 13.7. The minimum atomic E-state index is -1.86. The Morgan fingerprint density at radius 1 is 1.29 bits per heavy atom. The molecule has 1 aromatic rings. The summed E-state index contributed by atoms with van der Waals surface area (Å²) in [6.45, 7) is 1.28. The highest BCUT2D eigenvalue weighted by atomic mass is 19.1. The Hall–Kier alpha value is -1.38. The van der Waals surface area contributed by atoms with Crippen molar-refractivity contribution in [1.29, 1.82) is 0 Å². The molecule has 0 radical (unpaired) electrons. The Morgan fingerprint density at radius 3 is 2.53 bits per heavy atom. The summed E-state index contributed by atoms with van der Waals surface area (Å²) in [4.78, 5) is 11.1. The summed E-state index contributed by atoms with van der Waals surface area (Å²) in [6, 6.07) is 10.1. The first kappa shape index (κ1) is 13.7. The number of aryl methyl sites for hydroxylation is 1. The van der Waals surface area contributed by atoms with E-state index in [0.717, 1.165) is 12.8 Å². The number of ether oxygens (including phenoxy) is 1. The minimum absolute atomic E-state index is 0.215. The Balaban J connectivity index is 2.27. The molecule has 0 spiro atoms. The molecule has 0 amide bonds. The van der Waals surface area contributed by atoms with E-state index in [1.807, 2.05) is 18.2 Å². The molecule has 0 saturated carbocycles. The molecule has 0 bridgehead atoms. The predicted octanol–water partition coefficient (Wildman–Crippen LogP) is 3.30. The van der Waals surface area contributed by atoms with Gasteiger partial charge in [-0.25, -0.2) is 9.18 Å². The van der Waals surface area contributed by atoms with Gasteiger partial charge in [0, 0.05) is 0 Å². The number of unbranched alkanes of at least 4 members (excludes halogenated alkanes) is 1. The zero-order chi connectivity index (χ0) is 12.7. The summed E-state index contributed by atoms with van der Waals surface area (Å²) in [5.74, 6) is -0.780. The van der Waals surface area contributed by atoms with Gasteiger partial charge in [0.15, 0.2) is 0 Å². The van der Waals surface area contributed by atoms with Crippen LogP contribution >= 0.6 is 0 Å². The standard InChI is InChI=1S/C14H19FO2/c1-14(15,13(16)17-2)11-7-6-10-12-8-4-3-5-9-12/h3-5,8-9H,6-7,10-11H2,1-2H3. The van der Waals surface area contributed by atoms with Gasteiger partial charge >= 0.3 is 5.97 Å². The summed E-state index contributed by atoms with van der Waals surface area (Å²) in [5, 5.41) is 0. The van der Waals surface area contributed by atoms with Crippen molar-refractivity contribution in [3.63, 3.8) is 0 Å². The second-order valence-electron chi connectivity index (χ2n) is 4.38. The van der Waals surface area contributed by atoms with E-state index < -0.39 is 11.6 Å². The highest BCUT2D eigenvalue weighted by molar-refractivity contribution is 5.78. The van der Waals surface area contributed by atoms with E-state index in [9.17, 15) is 9.18 Å². The number of hydrogen-bond acceptors (Lipinski definition) is 2. The van der Waals surface area contributed by atoms with Crippen molar-refractivity contribution in [2.45, 2.75) is 38.3 Å². The van der Waals surface area contributed by atoms with Gasteiger partial charge in [0.25, 0.3) is 0 Å². The van der Waals surface area contributed by atoms with Crippen molar-refractivity contribution < 1.29 is 13.9 Å². The molecule has 2 nitrogen and oxygen atoms in total. The van der Waals surface area contributed by atoms with E-state index in [4.69, 9.17) is 0 Å². The van der Waals surface area contributed by atoms with Gasteiger partial charge in [-0.05, 0) is 38.2 Å². The Kier molecular flexibility index (Phi) is 5.13. The van der Waals surface area contributed by atoms with Crippen LogP contribution in [-0.4, -0.2) is 18.7 Å². The van der Waals surface area contributed by atoms with Crippen LogP contribution in [0.3, 0.4) is 0 Å². The number of carbonyl (C=O) groups is 1. The molecular formula is C14H19FO2. The first-order valence-corrected chi connectivity index (χ1v) is 5.87. The molecule has 3 heteroatoms. The second-order valence-corrected chi connectivity index (χ2v) is 4.38. The van der Waals surface area contributed by atoms with E-state index in [1.165, 1.54) is 19.6 Å². The Labute approximate surface area is 102 Å². The van der Waals surface area contributed by atoms with Crippen molar-refractivity contribution in [2.24, 2.45) is 0 Å². The van der Waals surface area contributed by atoms with Gasteiger partial charge in [-0.2, -0.15) is 0 Å². The number of rotatable bonds is 6. The van der Waals surface area contributed by atoms with Crippen molar-refractivity contribution >= 4 is 5.97 Å². The molecule has 0 heterocycles. The molecule has 0 aromatic heterocycles. The number of alkyl halides is 1. The highest BCUT2D eigenvalue weighted by Crippen LogP contribution is 2.21. The van der Waals surface area contributed by atoms with E-state index >= 15 is 0 Å². The number of benzene rings is 1. The van der Waals surface area contributed by atoms with Crippen LogP contribution in [0.5, 0.6) is 0 Å². The number of hydrogen-bond donors (Lipinski definition) is 0. The van der Waals surface area contributed by atoms with Crippen molar-refractivity contribution in [3.05, 3.63) is 35.9 Å². The predicted molar refractivity (Wildman–Crippen MR) is 65.5 cm³/mol. The molecule has 0 aliphatic rings. The smallest absolute Gasteiger partial charge is 0.343 e. The van der Waals surface area contributed by atoms with Gasteiger partial charge in [-0.15, -0.1) is 0 Å². The second kappa shape index (κ2) is 6.38. The zero-order valence-electron chi connectivity index (χ0n) is 10.4. The number of methoxy groups -OCH3 is 1. The monoisotopic (exact) mass is 238 g/mol. The molecule has 0 saturated heterocycles. The topological polar surface area (TPSA) is 26.3 Å². The third-order valence-electron chi connectivity index (χ3n) is 2.82. The van der Waals surface area contributed by atoms with Crippen LogP contribution in [0.15, 0.2) is 30.3 Å². The lowest BCUT2D eigenvalue weighted by atomic mass is 9.99. The van der Waals surface area contributed by atoms with Gasteiger partial charge in [0.2, 0.25) is 5.67 Å². The van der Waals surface area contributed by atoms with E-state index in [0.29, 0.717) is 6.42 Å². The largest absolute Gasteiger partial charge is 0.467 e. The van der Waals surface area contributed by atoms with Crippen molar-refractivity contribution in [2.75, 3.05) is 7.11 Å². The van der Waals surface area contributed by atoms with Gasteiger partial charge in [0.1, 0.15) is 0 Å². The van der Waals surface area contributed by atoms with E-state index in [1.54, 1.807) is 0 Å². The molecule has 0 aliphatic carbocycles. The first-order valence-electron chi connectivity index (χ1n) is 5.87. The fourth-order valence-corrected chi connectivity index (χ4v) is 1.75. The summed E-state index contributed by atoms with van der Waals surface area (Å²) in [5.41, 5.74) is -0.614. The van der Waals surface area contributed by atoms with Gasteiger partial charge in [-0.3, -0.25) is 0 Å². The molecule has 0 fully saturated rings. The SMILES string of the molecule is COC(=O)C(C)(F)CCCCc1ccccc1. The molecule has 1 atom stereocenters. The average Bonchev–Trinajstić information content (AvgIpc) is 2.35. The Morgan fingerprint density at radius 2 is 1.94 bits per heavy atom. The average molecular weight is 238 g/mol. The van der Waals surface area contributed by atoms with Crippen LogP contribution in [0.1, 0.15) is 31.7 Å². The number of halogens is 1. The fraction of sp³-hybridized carbons (Fsp3) is 0.500. The lowest BCUT2D eigenvalue weighted by Crippen LogP contribution is -2.31. The Bertz CT molecular complexity index is 346. The first-order chi connectivity index (χ1) is 8.06. The summed E-state index contributed by atoms with van der Waals surface area (Å²) in [7, 11) is 1.21. The molecular weight excluding hydrogens is 219 g/mol. The molecule has 1 aromatic carbocycles. The fourth-order valence-electron chi connectivity index (χ4n) is 1.75. The maximum Gasteiger partial charge on any atom is 0.343 e. The lowest BCUT2D eigenvalue weighted by molar-refractivity contribution is -0.154. The van der Waals surface area contributed by atoms with Crippen LogP contribution in [0.2, 0.25) is 0 Å². The molecule has 1 rings (SSSR count). The van der Waals surface area contributed by atoms with Crippen LogP contribution in [0, 0.1) is 0 Å². The third kappa shape index (κ3) is 4.55. The minimum Gasteiger partial charge on any atom is -0.467 e. The van der Waals surface area contributed by atoms with Crippen LogP contribution in [0.4, 0.5) is 4.39 Å².